The monoisotopic (exact) mass is 273 g/mol. The minimum Gasteiger partial charge on any atom is -0.466 e. The average molecular weight is 274 g/mol. The van der Waals surface area contributed by atoms with Crippen LogP contribution in [0.4, 0.5) is 0 Å². The van der Waals surface area contributed by atoms with Gasteiger partial charge in [-0.25, -0.2) is 0 Å². The predicted molar refractivity (Wildman–Crippen MR) is 68.0 cm³/mol. The maximum atomic E-state index is 11.3. The molecule has 0 aromatic heterocycles. The highest BCUT2D eigenvalue weighted by molar-refractivity contribution is 5.85. The van der Waals surface area contributed by atoms with Crippen molar-refractivity contribution in [3.63, 3.8) is 0 Å². The first-order valence-corrected chi connectivity index (χ1v) is 5.51. The number of ether oxygens (including phenoxy) is 3. The van der Waals surface area contributed by atoms with Gasteiger partial charge in [-0.05, 0) is 24.6 Å². The fourth-order valence-corrected chi connectivity index (χ4v) is 1.66. The summed E-state index contributed by atoms with van der Waals surface area (Å²) in [5.41, 5.74) is 6.76. The average Bonchev–Trinajstić information content (AvgIpc) is 2.75. The molecule has 0 spiro atoms. The lowest BCUT2D eigenvalue weighted by atomic mass is 10.0. The van der Waals surface area contributed by atoms with Crippen molar-refractivity contribution in [1.82, 2.24) is 0 Å². The Hall–Kier alpha value is -1.46. The molecular weight excluding hydrogens is 258 g/mol. The van der Waals surface area contributed by atoms with E-state index in [4.69, 9.17) is 19.9 Å². The molecule has 0 saturated carbocycles. The molecular formula is C12H16ClNO4. The minimum atomic E-state index is -0.386. The Morgan fingerprint density at radius 2 is 2.17 bits per heavy atom. The highest BCUT2D eigenvalue weighted by atomic mass is 35.5. The molecule has 0 fully saturated rings. The second kappa shape index (κ2) is 6.47. The van der Waals surface area contributed by atoms with Crippen LogP contribution in [0.2, 0.25) is 0 Å². The number of esters is 1. The number of carbonyl (C=O) groups excluding carboxylic acids is 1. The van der Waals surface area contributed by atoms with Crippen molar-refractivity contribution in [2.45, 2.75) is 19.4 Å². The molecule has 0 bridgehead atoms. The van der Waals surface area contributed by atoms with E-state index in [1.807, 2.05) is 6.07 Å². The molecule has 1 atom stereocenters. The zero-order valence-corrected chi connectivity index (χ0v) is 10.9. The van der Waals surface area contributed by atoms with E-state index in [-0.39, 0.29) is 37.6 Å². The fourth-order valence-electron chi connectivity index (χ4n) is 1.66. The molecule has 5 nitrogen and oxygen atoms in total. The van der Waals surface area contributed by atoms with E-state index in [1.54, 1.807) is 19.1 Å². The number of hydrogen-bond acceptors (Lipinski definition) is 5. The third-order valence-electron chi connectivity index (χ3n) is 2.52. The SMILES string of the molecule is CCOC(=O)CC(N)c1ccc2c(c1)OCO2.Cl. The van der Waals surface area contributed by atoms with Crippen molar-refractivity contribution in [3.05, 3.63) is 23.8 Å². The van der Waals surface area contributed by atoms with Crippen molar-refractivity contribution >= 4 is 18.4 Å². The van der Waals surface area contributed by atoms with E-state index in [0.29, 0.717) is 18.1 Å². The fraction of sp³-hybridized carbons (Fsp3) is 0.417. The van der Waals surface area contributed by atoms with E-state index >= 15 is 0 Å². The highest BCUT2D eigenvalue weighted by Gasteiger charge is 2.18. The second-order valence-corrected chi connectivity index (χ2v) is 3.73. The summed E-state index contributed by atoms with van der Waals surface area (Å²) in [6.45, 7) is 2.36. The normalized spacial score (nSPS) is 13.7. The van der Waals surface area contributed by atoms with Crippen LogP contribution in [0.25, 0.3) is 0 Å². The van der Waals surface area contributed by atoms with Crippen LogP contribution in [0.5, 0.6) is 11.5 Å². The zero-order valence-electron chi connectivity index (χ0n) is 10.0. The van der Waals surface area contributed by atoms with Gasteiger partial charge in [0, 0.05) is 6.04 Å². The molecule has 18 heavy (non-hydrogen) atoms. The molecule has 6 heteroatoms. The van der Waals surface area contributed by atoms with Crippen molar-refractivity contribution in [1.29, 1.82) is 0 Å². The van der Waals surface area contributed by atoms with Crippen LogP contribution >= 0.6 is 12.4 Å². The topological polar surface area (TPSA) is 70.8 Å². The molecule has 1 aromatic carbocycles. The number of nitrogens with two attached hydrogens (primary N) is 1. The number of hydrogen-bond donors (Lipinski definition) is 1. The standard InChI is InChI=1S/C12H15NO4.ClH/c1-2-15-12(14)6-9(13)8-3-4-10-11(5-8)17-7-16-10;/h3-5,9H,2,6-7,13H2,1H3;1H. The molecule has 2 rings (SSSR count). The first-order chi connectivity index (χ1) is 8.20. The maximum Gasteiger partial charge on any atom is 0.307 e. The maximum absolute atomic E-state index is 11.3. The predicted octanol–water partition coefficient (Wildman–Crippen LogP) is 1.79. The van der Waals surface area contributed by atoms with Gasteiger partial charge in [0.2, 0.25) is 6.79 Å². The minimum absolute atomic E-state index is 0. The highest BCUT2D eigenvalue weighted by Crippen LogP contribution is 2.34. The third-order valence-corrected chi connectivity index (χ3v) is 2.52. The molecule has 1 aliphatic rings. The van der Waals surface area contributed by atoms with Gasteiger partial charge in [-0.15, -0.1) is 12.4 Å². The molecule has 1 aliphatic heterocycles. The van der Waals surface area contributed by atoms with Crippen molar-refractivity contribution in [2.24, 2.45) is 5.73 Å². The van der Waals surface area contributed by atoms with Crippen LogP contribution in [-0.4, -0.2) is 19.4 Å². The van der Waals surface area contributed by atoms with Gasteiger partial charge in [-0.2, -0.15) is 0 Å². The lowest BCUT2D eigenvalue weighted by molar-refractivity contribution is -0.143. The Kier molecular flexibility index (Phi) is 5.25. The second-order valence-electron chi connectivity index (χ2n) is 3.73. The zero-order chi connectivity index (χ0) is 12.3. The van der Waals surface area contributed by atoms with E-state index in [2.05, 4.69) is 0 Å². The van der Waals surface area contributed by atoms with Gasteiger partial charge in [0.25, 0.3) is 0 Å². The Bertz CT molecular complexity index is 425. The van der Waals surface area contributed by atoms with Crippen LogP contribution in [0.1, 0.15) is 24.9 Å². The number of carbonyl (C=O) groups is 1. The first kappa shape index (κ1) is 14.6. The number of fused-ring (bicyclic) bond motifs is 1. The van der Waals surface area contributed by atoms with Gasteiger partial charge in [0.15, 0.2) is 11.5 Å². The van der Waals surface area contributed by atoms with Crippen molar-refractivity contribution < 1.29 is 19.0 Å². The van der Waals surface area contributed by atoms with Crippen molar-refractivity contribution in [2.75, 3.05) is 13.4 Å². The molecule has 0 aliphatic carbocycles. The summed E-state index contributed by atoms with van der Waals surface area (Å²) < 4.78 is 15.3. The van der Waals surface area contributed by atoms with E-state index in [9.17, 15) is 4.79 Å². The van der Waals surface area contributed by atoms with Gasteiger partial charge < -0.3 is 19.9 Å². The van der Waals surface area contributed by atoms with Gasteiger partial charge in [-0.1, -0.05) is 6.07 Å². The number of halogens is 1. The Balaban J connectivity index is 0.00000162. The molecule has 1 heterocycles. The van der Waals surface area contributed by atoms with Gasteiger partial charge in [-0.3, -0.25) is 4.79 Å². The van der Waals surface area contributed by atoms with Crippen LogP contribution in [0.3, 0.4) is 0 Å². The quantitative estimate of drug-likeness (QED) is 0.847. The summed E-state index contributed by atoms with van der Waals surface area (Å²) in [4.78, 5) is 11.3. The summed E-state index contributed by atoms with van der Waals surface area (Å²) >= 11 is 0. The number of rotatable bonds is 4. The summed E-state index contributed by atoms with van der Waals surface area (Å²) in [7, 11) is 0. The molecule has 0 amide bonds. The van der Waals surface area contributed by atoms with Crippen LogP contribution in [0.15, 0.2) is 18.2 Å². The molecule has 1 unspecified atom stereocenters. The summed E-state index contributed by atoms with van der Waals surface area (Å²) in [6, 6.07) is 5.04. The Morgan fingerprint density at radius 1 is 1.44 bits per heavy atom. The van der Waals surface area contributed by atoms with Crippen molar-refractivity contribution in [3.8, 4) is 11.5 Å². The smallest absolute Gasteiger partial charge is 0.307 e. The summed E-state index contributed by atoms with van der Waals surface area (Å²) in [6.07, 6.45) is 0.160. The Morgan fingerprint density at radius 3 is 2.89 bits per heavy atom. The lowest BCUT2D eigenvalue weighted by Crippen LogP contribution is -2.17. The first-order valence-electron chi connectivity index (χ1n) is 5.51. The number of benzene rings is 1. The Labute approximate surface area is 112 Å². The summed E-state index contributed by atoms with van der Waals surface area (Å²) in [5.74, 6) is 1.08. The van der Waals surface area contributed by atoms with Gasteiger partial charge in [0.1, 0.15) is 0 Å². The largest absolute Gasteiger partial charge is 0.466 e. The van der Waals surface area contributed by atoms with Crippen LogP contribution < -0.4 is 15.2 Å². The van der Waals surface area contributed by atoms with E-state index in [0.717, 1.165) is 5.56 Å². The van der Waals surface area contributed by atoms with Crippen LogP contribution in [-0.2, 0) is 9.53 Å². The third kappa shape index (κ3) is 3.27. The van der Waals surface area contributed by atoms with E-state index < -0.39 is 0 Å². The molecule has 0 saturated heterocycles. The van der Waals surface area contributed by atoms with E-state index in [1.165, 1.54) is 0 Å². The molecule has 2 N–H and O–H groups in total. The summed E-state index contributed by atoms with van der Waals surface area (Å²) in [5, 5.41) is 0. The molecule has 1 aromatic rings. The molecule has 100 valence electrons. The van der Waals surface area contributed by atoms with Gasteiger partial charge >= 0.3 is 5.97 Å². The lowest BCUT2D eigenvalue weighted by Gasteiger charge is -2.11. The van der Waals surface area contributed by atoms with Crippen LogP contribution in [0, 0.1) is 0 Å². The van der Waals surface area contributed by atoms with Gasteiger partial charge in [0.05, 0.1) is 13.0 Å². The molecule has 0 radical (unpaired) electrons.